The molecule has 1 atom stereocenters. The Bertz CT molecular complexity index is 417. The minimum Gasteiger partial charge on any atom is -0.489 e. The van der Waals surface area contributed by atoms with E-state index in [0.29, 0.717) is 18.8 Å². The van der Waals surface area contributed by atoms with Gasteiger partial charge in [0.05, 0.1) is 18.3 Å². The maximum absolute atomic E-state index is 11.4. The molecule has 86 valence electrons. The summed E-state index contributed by atoms with van der Waals surface area (Å²) in [6.07, 6.45) is 0. The van der Waals surface area contributed by atoms with Gasteiger partial charge in [-0.15, -0.1) is 0 Å². The number of nitrogen functional groups attached to an aromatic ring is 1. The van der Waals surface area contributed by atoms with Crippen LogP contribution in [0.2, 0.25) is 0 Å². The first-order valence-electron chi connectivity index (χ1n) is 5.39. The van der Waals surface area contributed by atoms with E-state index in [4.69, 9.17) is 10.5 Å². The quantitative estimate of drug-likeness (QED) is 0.766. The molecule has 0 radical (unpaired) electrons. The van der Waals surface area contributed by atoms with E-state index in [1.165, 1.54) is 0 Å². The Balaban J connectivity index is 2.43. The number of hydrogen-bond donors (Lipinski definition) is 1. The molecule has 1 heterocycles. The molecule has 0 amide bonds. The predicted molar refractivity (Wildman–Crippen MR) is 63.8 cm³/mol. The molecule has 0 saturated carbocycles. The van der Waals surface area contributed by atoms with Gasteiger partial charge in [-0.3, -0.25) is 4.79 Å². The molecule has 0 saturated heterocycles. The molecule has 0 aliphatic carbocycles. The number of para-hydroxylation sites is 1. The van der Waals surface area contributed by atoms with E-state index in [-0.39, 0.29) is 11.8 Å². The lowest BCUT2D eigenvalue weighted by atomic mass is 10.1. The molecule has 4 heteroatoms. The number of fused-ring (bicyclic) bond motifs is 1. The Hall–Kier alpha value is -1.71. The molecular weight excluding hydrogens is 204 g/mol. The lowest BCUT2D eigenvalue weighted by Gasteiger charge is -2.35. The summed E-state index contributed by atoms with van der Waals surface area (Å²) >= 11 is 0. The minimum absolute atomic E-state index is 0.135. The third-order valence-electron chi connectivity index (χ3n) is 2.96. The summed E-state index contributed by atoms with van der Waals surface area (Å²) in [5.74, 6) is 0.899. The first-order valence-corrected chi connectivity index (χ1v) is 5.39. The standard InChI is InChI=1S/C12H16N2O2/c1-8(9(2)15)14-6-7-16-11-5-3-4-10(13)12(11)14/h3-5,8H,6-7,13H2,1-2H3. The van der Waals surface area contributed by atoms with Crippen LogP contribution in [0.4, 0.5) is 11.4 Å². The predicted octanol–water partition coefficient (Wildman–Crippen LogP) is 1.45. The van der Waals surface area contributed by atoms with Crippen LogP contribution >= 0.6 is 0 Å². The molecule has 1 aromatic rings. The fourth-order valence-electron chi connectivity index (χ4n) is 1.94. The number of Topliss-reactive ketones (excluding diaryl/α,β-unsaturated/α-hetero) is 1. The van der Waals surface area contributed by atoms with Crippen LogP contribution in [-0.2, 0) is 4.79 Å². The largest absolute Gasteiger partial charge is 0.489 e. The number of anilines is 2. The molecular formula is C12H16N2O2. The molecule has 4 nitrogen and oxygen atoms in total. The molecule has 16 heavy (non-hydrogen) atoms. The van der Waals surface area contributed by atoms with Gasteiger partial charge in [0.25, 0.3) is 0 Å². The van der Waals surface area contributed by atoms with Crippen molar-refractivity contribution >= 4 is 17.2 Å². The summed E-state index contributed by atoms with van der Waals surface area (Å²) in [7, 11) is 0. The average molecular weight is 220 g/mol. The molecule has 1 aromatic carbocycles. The summed E-state index contributed by atoms with van der Waals surface area (Å²) in [6.45, 7) is 4.78. The number of carbonyl (C=O) groups is 1. The molecule has 0 aromatic heterocycles. The number of nitrogens with zero attached hydrogens (tertiary/aromatic N) is 1. The van der Waals surface area contributed by atoms with Gasteiger partial charge >= 0.3 is 0 Å². The zero-order chi connectivity index (χ0) is 11.7. The fourth-order valence-corrected chi connectivity index (χ4v) is 1.94. The van der Waals surface area contributed by atoms with E-state index in [1.54, 1.807) is 6.92 Å². The third-order valence-corrected chi connectivity index (χ3v) is 2.96. The monoisotopic (exact) mass is 220 g/mol. The van der Waals surface area contributed by atoms with E-state index < -0.39 is 0 Å². The summed E-state index contributed by atoms with van der Waals surface area (Å²) in [5, 5.41) is 0. The van der Waals surface area contributed by atoms with Crippen LogP contribution in [0.1, 0.15) is 13.8 Å². The zero-order valence-corrected chi connectivity index (χ0v) is 9.56. The second-order valence-electron chi connectivity index (χ2n) is 4.02. The van der Waals surface area contributed by atoms with Crippen LogP contribution in [0.15, 0.2) is 18.2 Å². The van der Waals surface area contributed by atoms with Crippen LogP contribution in [0.25, 0.3) is 0 Å². The molecule has 1 aliphatic rings. The minimum atomic E-state index is -0.160. The fraction of sp³-hybridized carbons (Fsp3) is 0.417. The lowest BCUT2D eigenvalue weighted by Crippen LogP contribution is -2.43. The van der Waals surface area contributed by atoms with Crippen molar-refractivity contribution in [2.45, 2.75) is 19.9 Å². The van der Waals surface area contributed by atoms with Crippen LogP contribution in [0.3, 0.4) is 0 Å². The van der Waals surface area contributed by atoms with Crippen LogP contribution in [-0.4, -0.2) is 25.0 Å². The molecule has 0 bridgehead atoms. The van der Waals surface area contributed by atoms with E-state index >= 15 is 0 Å². The van der Waals surface area contributed by atoms with Gasteiger partial charge < -0.3 is 15.4 Å². The summed E-state index contributed by atoms with van der Waals surface area (Å²) in [5.41, 5.74) is 7.44. The van der Waals surface area contributed by atoms with E-state index in [9.17, 15) is 4.79 Å². The van der Waals surface area contributed by atoms with Gasteiger partial charge in [0.1, 0.15) is 18.0 Å². The van der Waals surface area contributed by atoms with Gasteiger partial charge in [0.15, 0.2) is 5.78 Å². The number of ketones is 1. The highest BCUT2D eigenvalue weighted by molar-refractivity contribution is 5.87. The summed E-state index contributed by atoms with van der Waals surface area (Å²) in [6, 6.07) is 5.40. The van der Waals surface area contributed by atoms with Crippen LogP contribution in [0.5, 0.6) is 5.75 Å². The normalized spacial score (nSPS) is 16.2. The Morgan fingerprint density at radius 1 is 1.56 bits per heavy atom. The van der Waals surface area contributed by atoms with E-state index in [0.717, 1.165) is 11.4 Å². The van der Waals surface area contributed by atoms with Crippen molar-refractivity contribution < 1.29 is 9.53 Å². The van der Waals surface area contributed by atoms with Crippen molar-refractivity contribution in [1.82, 2.24) is 0 Å². The highest BCUT2D eigenvalue weighted by Gasteiger charge is 2.26. The van der Waals surface area contributed by atoms with Crippen molar-refractivity contribution in [2.75, 3.05) is 23.8 Å². The van der Waals surface area contributed by atoms with Gasteiger partial charge in [0, 0.05) is 0 Å². The van der Waals surface area contributed by atoms with Gasteiger partial charge in [-0.2, -0.15) is 0 Å². The van der Waals surface area contributed by atoms with Crippen LogP contribution < -0.4 is 15.4 Å². The molecule has 0 fully saturated rings. The van der Waals surface area contributed by atoms with Crippen molar-refractivity contribution in [2.24, 2.45) is 0 Å². The lowest BCUT2D eigenvalue weighted by molar-refractivity contribution is -0.118. The zero-order valence-electron chi connectivity index (χ0n) is 9.56. The second kappa shape index (κ2) is 4.04. The number of hydrogen-bond acceptors (Lipinski definition) is 4. The number of benzene rings is 1. The van der Waals surface area contributed by atoms with Gasteiger partial charge in [0.2, 0.25) is 0 Å². The smallest absolute Gasteiger partial charge is 0.151 e. The summed E-state index contributed by atoms with van der Waals surface area (Å²) < 4.78 is 5.53. The summed E-state index contributed by atoms with van der Waals surface area (Å²) in [4.78, 5) is 13.5. The van der Waals surface area contributed by atoms with Crippen molar-refractivity contribution in [1.29, 1.82) is 0 Å². The van der Waals surface area contributed by atoms with Gasteiger partial charge in [-0.05, 0) is 26.0 Å². The van der Waals surface area contributed by atoms with Crippen LogP contribution in [0, 0.1) is 0 Å². The number of rotatable bonds is 2. The Kier molecular flexibility index (Phi) is 2.73. The number of nitrogens with two attached hydrogens (primary N) is 1. The second-order valence-corrected chi connectivity index (χ2v) is 4.02. The van der Waals surface area contributed by atoms with Gasteiger partial charge in [-0.1, -0.05) is 6.07 Å². The van der Waals surface area contributed by atoms with Gasteiger partial charge in [-0.25, -0.2) is 0 Å². The highest BCUT2D eigenvalue weighted by Crippen LogP contribution is 2.37. The first-order chi connectivity index (χ1) is 7.61. The van der Waals surface area contributed by atoms with Crippen molar-refractivity contribution in [3.63, 3.8) is 0 Å². The SMILES string of the molecule is CC(=O)C(C)N1CCOc2cccc(N)c21. The first kappa shape index (κ1) is 10.8. The number of ether oxygens (including phenoxy) is 1. The Morgan fingerprint density at radius 2 is 2.31 bits per heavy atom. The van der Waals surface area contributed by atoms with Crippen molar-refractivity contribution in [3.05, 3.63) is 18.2 Å². The Morgan fingerprint density at radius 3 is 3.00 bits per heavy atom. The van der Waals surface area contributed by atoms with Crippen molar-refractivity contribution in [3.8, 4) is 5.75 Å². The highest BCUT2D eigenvalue weighted by atomic mass is 16.5. The molecule has 2 rings (SSSR count). The molecule has 1 unspecified atom stereocenters. The molecule has 0 spiro atoms. The average Bonchev–Trinajstić information content (AvgIpc) is 2.27. The number of carbonyl (C=O) groups excluding carboxylic acids is 1. The third kappa shape index (κ3) is 1.71. The van der Waals surface area contributed by atoms with E-state index in [1.807, 2.05) is 30.0 Å². The topological polar surface area (TPSA) is 55.6 Å². The maximum Gasteiger partial charge on any atom is 0.151 e. The Labute approximate surface area is 95.0 Å². The van der Waals surface area contributed by atoms with E-state index in [2.05, 4.69) is 0 Å². The molecule has 2 N–H and O–H groups in total. The maximum atomic E-state index is 11.4. The molecule has 1 aliphatic heterocycles.